The van der Waals surface area contributed by atoms with Gasteiger partial charge in [0, 0.05) is 22.8 Å². The van der Waals surface area contributed by atoms with Crippen molar-refractivity contribution in [2.45, 2.75) is 43.4 Å². The van der Waals surface area contributed by atoms with E-state index in [0.29, 0.717) is 24.8 Å². The van der Waals surface area contributed by atoms with Gasteiger partial charge >= 0.3 is 0 Å². The first-order chi connectivity index (χ1) is 14.8. The molecule has 1 saturated heterocycles. The predicted octanol–water partition coefficient (Wildman–Crippen LogP) is 3.25. The number of rotatable bonds is 7. The lowest BCUT2D eigenvalue weighted by molar-refractivity contribution is 0.451. The van der Waals surface area contributed by atoms with Crippen molar-refractivity contribution in [2.75, 3.05) is 18.4 Å². The Morgan fingerprint density at radius 2 is 2.19 bits per heavy atom. The second kappa shape index (κ2) is 8.74. The number of H-pyrrole nitrogens is 1. The van der Waals surface area contributed by atoms with Gasteiger partial charge in [-0.1, -0.05) is 13.8 Å². The maximum absolute atomic E-state index is 12.8. The summed E-state index contributed by atoms with van der Waals surface area (Å²) in [6.07, 6.45) is 3.29. The lowest BCUT2D eigenvalue weighted by Crippen LogP contribution is -2.27. The Morgan fingerprint density at radius 1 is 1.45 bits per heavy atom. The molecule has 1 fully saturated rings. The Kier molecular flexibility index (Phi) is 6.21. The van der Waals surface area contributed by atoms with E-state index in [1.165, 1.54) is 9.69 Å². The highest BCUT2D eigenvalue weighted by Gasteiger charge is 2.32. The second-order valence-electron chi connectivity index (χ2n) is 7.48. The molecule has 1 aliphatic heterocycles. The van der Waals surface area contributed by atoms with Crippen molar-refractivity contribution in [1.82, 2.24) is 13.1 Å². The van der Waals surface area contributed by atoms with Crippen LogP contribution in [0.4, 0.5) is 11.5 Å². The third-order valence-corrected chi connectivity index (χ3v) is 9.05. The number of sulfonamides is 1. The van der Waals surface area contributed by atoms with Gasteiger partial charge in [-0.05, 0) is 30.4 Å². The number of aromatic hydroxyl groups is 1. The van der Waals surface area contributed by atoms with Gasteiger partial charge in [0.1, 0.15) is 5.76 Å². The summed E-state index contributed by atoms with van der Waals surface area (Å²) in [5.41, 5.74) is 1.45. The van der Waals surface area contributed by atoms with Crippen molar-refractivity contribution in [3.8, 4) is 5.75 Å². The molecule has 10 nitrogen and oxygen atoms in total. The van der Waals surface area contributed by atoms with Crippen LogP contribution in [0.2, 0.25) is 0 Å². The number of hydrogen-bond acceptors (Lipinski definition) is 9. The summed E-state index contributed by atoms with van der Waals surface area (Å²) in [5, 5.41) is 14.9. The van der Waals surface area contributed by atoms with E-state index in [9.17, 15) is 18.1 Å². The van der Waals surface area contributed by atoms with E-state index < -0.39 is 21.2 Å². The number of furan rings is 1. The lowest BCUT2D eigenvalue weighted by atomic mass is 10.1. The molecular weight excluding hydrogens is 462 g/mol. The quantitative estimate of drug-likeness (QED) is 0.435. The molecule has 31 heavy (non-hydrogen) atoms. The summed E-state index contributed by atoms with van der Waals surface area (Å²) in [6.45, 7) is 5.21. The summed E-state index contributed by atoms with van der Waals surface area (Å²) < 4.78 is 50.7. The molecule has 3 N–H and O–H groups in total. The van der Waals surface area contributed by atoms with Gasteiger partial charge in [0.05, 0.1) is 18.5 Å². The third-order valence-electron chi connectivity index (χ3n) is 4.94. The van der Waals surface area contributed by atoms with Gasteiger partial charge in [-0.25, -0.2) is 8.42 Å². The van der Waals surface area contributed by atoms with Crippen LogP contribution in [-0.4, -0.2) is 44.2 Å². The molecule has 1 unspecified atom stereocenters. The lowest BCUT2D eigenvalue weighted by Gasteiger charge is -2.14. The highest BCUT2D eigenvalue weighted by atomic mass is 32.2. The Labute approximate surface area is 186 Å². The Hall–Kier alpha value is -2.19. The molecule has 0 amide bonds. The van der Waals surface area contributed by atoms with Gasteiger partial charge in [0.15, 0.2) is 21.1 Å². The van der Waals surface area contributed by atoms with Crippen molar-refractivity contribution in [3.05, 3.63) is 34.5 Å². The van der Waals surface area contributed by atoms with Gasteiger partial charge < -0.3 is 19.4 Å². The van der Waals surface area contributed by atoms with Crippen LogP contribution in [0.1, 0.15) is 43.9 Å². The van der Waals surface area contributed by atoms with Crippen molar-refractivity contribution >= 4 is 44.0 Å². The Morgan fingerprint density at radius 3 is 2.87 bits per heavy atom. The van der Waals surface area contributed by atoms with Crippen molar-refractivity contribution in [2.24, 2.45) is 4.99 Å². The number of hydrogen-bond donors (Lipinski definition) is 3. The fraction of sp³-hybridized carbons (Fsp3) is 0.444. The van der Waals surface area contributed by atoms with Crippen LogP contribution >= 0.6 is 22.5 Å². The highest BCUT2D eigenvalue weighted by Crippen LogP contribution is 2.40. The number of nitrogens with one attached hydrogen (secondary N) is 2. The van der Waals surface area contributed by atoms with Gasteiger partial charge in [0.25, 0.3) is 10.0 Å². The van der Waals surface area contributed by atoms with Crippen LogP contribution in [0, 0.1) is 0 Å². The molecule has 4 rings (SSSR count). The molecule has 3 aromatic rings. The maximum atomic E-state index is 12.8. The standard InChI is InChI=1S/C18H23N5O5S3/c1-11(2)12-7-13(28-9-12)8-19-16-17(22-30(25)21-16)20-14-10-29-18(15(14)24)31(26,27)23-5-3-4-6-23/h7,9-11,24H,3-6,8H2,1-2H3,(H,19,21)(H,20,22). The fourth-order valence-electron chi connectivity index (χ4n) is 3.19. The number of aromatic amines is 1. The molecule has 13 heteroatoms. The van der Waals surface area contributed by atoms with Crippen LogP contribution in [-0.2, 0) is 16.6 Å². The molecule has 0 spiro atoms. The predicted molar refractivity (Wildman–Crippen MR) is 117 cm³/mol. The van der Waals surface area contributed by atoms with E-state index in [0.717, 1.165) is 29.7 Å². The maximum Gasteiger partial charge on any atom is 0.256 e. The molecule has 0 radical (unpaired) electrons. The zero-order chi connectivity index (χ0) is 22.2. The molecule has 0 aliphatic carbocycles. The Balaban J connectivity index is 1.57. The zero-order valence-corrected chi connectivity index (χ0v) is 19.4. The van der Waals surface area contributed by atoms with Gasteiger partial charge in [-0.15, -0.1) is 15.7 Å². The van der Waals surface area contributed by atoms with E-state index in [1.807, 2.05) is 6.07 Å². The first-order valence-electron chi connectivity index (χ1n) is 9.72. The minimum absolute atomic E-state index is 0.125. The SMILES string of the molecule is CC(C)c1coc(CN=c2[nH][s+]([O-])nc2Nc2csc(S(=O)(=O)N3CCCC3)c2O)c1. The molecule has 1 atom stereocenters. The third kappa shape index (κ3) is 4.55. The van der Waals surface area contributed by atoms with E-state index in [4.69, 9.17) is 4.42 Å². The first-order valence-corrected chi connectivity index (χ1v) is 13.2. The summed E-state index contributed by atoms with van der Waals surface area (Å²) in [5.74, 6) is 0.734. The minimum atomic E-state index is -3.75. The van der Waals surface area contributed by atoms with Crippen LogP contribution in [0.3, 0.4) is 0 Å². The minimum Gasteiger partial charge on any atom is -0.548 e. The van der Waals surface area contributed by atoms with E-state index in [2.05, 4.69) is 32.9 Å². The summed E-state index contributed by atoms with van der Waals surface area (Å²) >= 11 is -0.803. The average molecular weight is 486 g/mol. The highest BCUT2D eigenvalue weighted by molar-refractivity contribution is 7.91. The number of nitrogens with zero attached hydrogens (tertiary/aromatic N) is 3. The molecule has 4 heterocycles. The number of aromatic nitrogens is 2. The number of anilines is 2. The average Bonchev–Trinajstić information content (AvgIpc) is 3.48. The van der Waals surface area contributed by atoms with Gasteiger partial charge in [-0.2, -0.15) is 4.31 Å². The smallest absolute Gasteiger partial charge is 0.256 e. The molecule has 0 aromatic carbocycles. The molecule has 3 aromatic heterocycles. The monoisotopic (exact) mass is 485 g/mol. The normalized spacial score (nSPS) is 16.5. The van der Waals surface area contributed by atoms with Gasteiger partial charge in [0.2, 0.25) is 11.3 Å². The second-order valence-corrected chi connectivity index (χ2v) is 11.4. The molecular formula is C18H23N5O5S3. The Bertz CT molecular complexity index is 1230. The zero-order valence-electron chi connectivity index (χ0n) is 17.0. The largest absolute Gasteiger partial charge is 0.548 e. The van der Waals surface area contributed by atoms with Crippen LogP contribution in [0.25, 0.3) is 0 Å². The van der Waals surface area contributed by atoms with Crippen molar-refractivity contribution in [1.29, 1.82) is 0 Å². The summed E-state index contributed by atoms with van der Waals surface area (Å²) in [7, 11) is -3.75. The van der Waals surface area contributed by atoms with Crippen molar-refractivity contribution < 1.29 is 22.5 Å². The van der Waals surface area contributed by atoms with E-state index in [1.54, 1.807) is 6.26 Å². The van der Waals surface area contributed by atoms with Crippen LogP contribution < -0.4 is 10.8 Å². The summed E-state index contributed by atoms with van der Waals surface area (Å²) in [6, 6.07) is 1.91. The summed E-state index contributed by atoms with van der Waals surface area (Å²) in [4.78, 5) is 4.36. The molecule has 0 saturated carbocycles. The fourth-order valence-corrected chi connectivity index (χ4v) is 6.75. The topological polar surface area (TPSA) is 147 Å². The molecule has 1 aliphatic rings. The van der Waals surface area contributed by atoms with Gasteiger partial charge in [-0.3, -0.25) is 4.99 Å². The van der Waals surface area contributed by atoms with Crippen LogP contribution in [0.5, 0.6) is 5.75 Å². The molecule has 0 bridgehead atoms. The van der Waals surface area contributed by atoms with E-state index >= 15 is 0 Å². The van der Waals surface area contributed by atoms with Crippen molar-refractivity contribution in [3.63, 3.8) is 0 Å². The van der Waals surface area contributed by atoms with E-state index in [-0.39, 0.29) is 33.5 Å². The van der Waals surface area contributed by atoms with Crippen LogP contribution in [0.15, 0.2) is 31.3 Å². The number of thiophene rings is 1. The first kappa shape index (κ1) is 22.0. The molecule has 168 valence electrons.